The molecule has 1 aromatic rings. The lowest BCUT2D eigenvalue weighted by molar-refractivity contribution is -0.135. The number of hydrogen-bond donors (Lipinski definition) is 1. The Morgan fingerprint density at radius 1 is 1.40 bits per heavy atom. The van der Waals surface area contributed by atoms with Gasteiger partial charge in [0.2, 0.25) is 0 Å². The summed E-state index contributed by atoms with van der Waals surface area (Å²) in [5.41, 5.74) is -0.156. The van der Waals surface area contributed by atoms with Crippen LogP contribution in [0.25, 0.3) is 0 Å². The molecule has 1 aromatic carbocycles. The third-order valence-electron chi connectivity index (χ3n) is 1.47. The van der Waals surface area contributed by atoms with Crippen molar-refractivity contribution in [3.63, 3.8) is 0 Å². The highest BCUT2D eigenvalue weighted by atomic mass is 79.9. The predicted octanol–water partition coefficient (Wildman–Crippen LogP) is 2.55. The summed E-state index contributed by atoms with van der Waals surface area (Å²) in [5.74, 6) is 2.02. The number of carbonyl (C=O) groups is 1. The Kier molecular flexibility index (Phi) is 3.81. The highest BCUT2D eigenvalue weighted by Crippen LogP contribution is 2.19. The van der Waals surface area contributed by atoms with Gasteiger partial charge in [-0.25, -0.2) is 8.78 Å². The Bertz CT molecular complexity index is 460. The first-order chi connectivity index (χ1) is 7.00. The largest absolute Gasteiger partial charge is 0.481 e. The lowest BCUT2D eigenvalue weighted by Crippen LogP contribution is -1.91. The summed E-state index contributed by atoms with van der Waals surface area (Å²) >= 11 is 2.81. The van der Waals surface area contributed by atoms with Crippen LogP contribution in [-0.4, -0.2) is 11.1 Å². The van der Waals surface area contributed by atoms with Gasteiger partial charge in [-0.15, -0.1) is 0 Å². The Hall–Kier alpha value is -1.41. The van der Waals surface area contributed by atoms with E-state index in [1.807, 2.05) is 0 Å². The van der Waals surface area contributed by atoms with E-state index in [9.17, 15) is 13.6 Å². The fraction of sp³-hybridized carbons (Fsp3) is 0.100. The fourth-order valence-corrected chi connectivity index (χ4v) is 1.15. The second-order valence-corrected chi connectivity index (χ2v) is 3.47. The summed E-state index contributed by atoms with van der Waals surface area (Å²) in [7, 11) is 0. The number of carboxylic acids is 1. The smallest absolute Gasteiger partial charge is 0.315 e. The molecule has 0 aliphatic rings. The van der Waals surface area contributed by atoms with Gasteiger partial charge in [-0.3, -0.25) is 4.79 Å². The molecule has 0 amide bonds. The van der Waals surface area contributed by atoms with Gasteiger partial charge in [0, 0.05) is 0 Å². The van der Waals surface area contributed by atoms with Gasteiger partial charge in [0.15, 0.2) is 0 Å². The quantitative estimate of drug-likeness (QED) is 0.631. The van der Waals surface area contributed by atoms with Crippen molar-refractivity contribution in [2.24, 2.45) is 0 Å². The maximum atomic E-state index is 13.1. The van der Waals surface area contributed by atoms with Crippen LogP contribution in [0.5, 0.6) is 0 Å². The highest BCUT2D eigenvalue weighted by Gasteiger charge is 2.05. The minimum absolute atomic E-state index is 0.00350. The molecule has 0 atom stereocenters. The molecule has 0 unspecified atom stereocenters. The van der Waals surface area contributed by atoms with E-state index < -0.39 is 24.0 Å². The summed E-state index contributed by atoms with van der Waals surface area (Å²) < 4.78 is 26.1. The molecule has 0 saturated heterocycles. The minimum Gasteiger partial charge on any atom is -0.481 e. The van der Waals surface area contributed by atoms with Gasteiger partial charge in [0.25, 0.3) is 0 Å². The number of rotatable bonds is 1. The third kappa shape index (κ3) is 3.33. The van der Waals surface area contributed by atoms with Crippen LogP contribution in [0, 0.1) is 23.5 Å². The molecule has 2 nitrogen and oxygen atoms in total. The van der Waals surface area contributed by atoms with Crippen molar-refractivity contribution >= 4 is 21.9 Å². The van der Waals surface area contributed by atoms with Crippen molar-refractivity contribution in [2.45, 2.75) is 6.42 Å². The Morgan fingerprint density at radius 2 is 2.07 bits per heavy atom. The monoisotopic (exact) mass is 274 g/mol. The maximum Gasteiger partial charge on any atom is 0.315 e. The molecule has 0 aliphatic heterocycles. The molecule has 0 heterocycles. The van der Waals surface area contributed by atoms with Gasteiger partial charge in [-0.1, -0.05) is 11.8 Å². The van der Waals surface area contributed by atoms with Gasteiger partial charge < -0.3 is 5.11 Å². The maximum absolute atomic E-state index is 13.1. The van der Waals surface area contributed by atoms with E-state index in [-0.39, 0.29) is 10.0 Å². The van der Waals surface area contributed by atoms with Crippen LogP contribution in [0.15, 0.2) is 16.6 Å². The average Bonchev–Trinajstić information content (AvgIpc) is 2.13. The first kappa shape index (κ1) is 11.7. The van der Waals surface area contributed by atoms with Crippen LogP contribution in [0.4, 0.5) is 8.78 Å². The topological polar surface area (TPSA) is 37.3 Å². The molecule has 5 heteroatoms. The van der Waals surface area contributed by atoms with E-state index in [2.05, 4.69) is 27.8 Å². The molecule has 1 N–H and O–H groups in total. The van der Waals surface area contributed by atoms with E-state index in [1.54, 1.807) is 0 Å². The van der Waals surface area contributed by atoms with Crippen LogP contribution in [0.3, 0.4) is 0 Å². The van der Waals surface area contributed by atoms with Crippen LogP contribution < -0.4 is 0 Å². The summed E-state index contributed by atoms with van der Waals surface area (Å²) in [4.78, 5) is 10.1. The van der Waals surface area contributed by atoms with E-state index in [0.717, 1.165) is 12.1 Å². The standard InChI is InChI=1S/C10H5BrF2O2/c11-7-5-8(12)6(4-9(7)13)2-1-3-10(14)15/h4-5H,3H2,(H,14,15). The van der Waals surface area contributed by atoms with Crippen molar-refractivity contribution in [3.05, 3.63) is 33.8 Å². The number of hydrogen-bond acceptors (Lipinski definition) is 1. The van der Waals surface area contributed by atoms with Crippen LogP contribution in [0.1, 0.15) is 12.0 Å². The summed E-state index contributed by atoms with van der Waals surface area (Å²) in [6.07, 6.45) is -0.406. The molecule has 0 bridgehead atoms. The van der Waals surface area contributed by atoms with E-state index in [1.165, 1.54) is 0 Å². The molecule has 78 valence electrons. The first-order valence-electron chi connectivity index (χ1n) is 3.86. The lowest BCUT2D eigenvalue weighted by atomic mass is 10.2. The van der Waals surface area contributed by atoms with Gasteiger partial charge in [0.1, 0.15) is 18.1 Å². The van der Waals surface area contributed by atoms with Crippen molar-refractivity contribution in [3.8, 4) is 11.8 Å². The zero-order chi connectivity index (χ0) is 11.4. The van der Waals surface area contributed by atoms with E-state index in [4.69, 9.17) is 5.11 Å². The SMILES string of the molecule is O=C(O)CC#Cc1cc(F)c(Br)cc1F. The van der Waals surface area contributed by atoms with E-state index >= 15 is 0 Å². The summed E-state index contributed by atoms with van der Waals surface area (Å²) in [6, 6.07) is 1.86. The molecule has 0 aromatic heterocycles. The Balaban J connectivity index is 2.98. The van der Waals surface area contributed by atoms with Crippen LogP contribution in [0.2, 0.25) is 0 Å². The van der Waals surface area contributed by atoms with Gasteiger partial charge in [0.05, 0.1) is 10.0 Å². The predicted molar refractivity (Wildman–Crippen MR) is 53.2 cm³/mol. The average molecular weight is 275 g/mol. The van der Waals surface area contributed by atoms with Crippen molar-refractivity contribution in [1.82, 2.24) is 0 Å². The number of halogens is 3. The number of aliphatic carboxylic acids is 1. The Labute approximate surface area is 93.0 Å². The molecule has 15 heavy (non-hydrogen) atoms. The van der Waals surface area contributed by atoms with Crippen molar-refractivity contribution in [1.29, 1.82) is 0 Å². The zero-order valence-corrected chi connectivity index (χ0v) is 8.94. The minimum atomic E-state index is -1.11. The third-order valence-corrected chi connectivity index (χ3v) is 2.08. The van der Waals surface area contributed by atoms with Gasteiger partial charge in [-0.2, -0.15) is 0 Å². The van der Waals surface area contributed by atoms with Crippen LogP contribution in [-0.2, 0) is 4.79 Å². The fourth-order valence-electron chi connectivity index (χ4n) is 0.833. The summed E-state index contributed by atoms with van der Waals surface area (Å²) in [6.45, 7) is 0. The molecule has 0 saturated carbocycles. The van der Waals surface area contributed by atoms with Gasteiger partial charge in [-0.05, 0) is 28.1 Å². The number of carboxylic acid groups (broad SMARTS) is 1. The van der Waals surface area contributed by atoms with Crippen molar-refractivity contribution < 1.29 is 18.7 Å². The zero-order valence-electron chi connectivity index (χ0n) is 7.35. The first-order valence-corrected chi connectivity index (χ1v) is 4.65. The molecule has 0 fully saturated rings. The van der Waals surface area contributed by atoms with Gasteiger partial charge >= 0.3 is 5.97 Å². The lowest BCUT2D eigenvalue weighted by Gasteiger charge is -1.97. The van der Waals surface area contributed by atoms with Crippen molar-refractivity contribution in [2.75, 3.05) is 0 Å². The second kappa shape index (κ2) is 4.89. The summed E-state index contributed by atoms with van der Waals surface area (Å²) in [5, 5.41) is 8.28. The van der Waals surface area contributed by atoms with Crippen LogP contribution >= 0.6 is 15.9 Å². The Morgan fingerprint density at radius 3 is 2.67 bits per heavy atom. The molecule has 0 aliphatic carbocycles. The molecule has 0 radical (unpaired) electrons. The normalized spacial score (nSPS) is 9.27. The molecule has 1 rings (SSSR count). The highest BCUT2D eigenvalue weighted by molar-refractivity contribution is 9.10. The van der Waals surface area contributed by atoms with E-state index in [0.29, 0.717) is 0 Å². The molecular formula is C10H5BrF2O2. The molecular weight excluding hydrogens is 270 g/mol. The number of benzene rings is 1. The second-order valence-electron chi connectivity index (χ2n) is 2.62. The molecule has 0 spiro atoms.